The van der Waals surface area contributed by atoms with E-state index in [1.165, 1.54) is 18.4 Å². The van der Waals surface area contributed by atoms with E-state index in [1.54, 1.807) is 13.3 Å². The zero-order chi connectivity index (χ0) is 23.4. The number of carbonyl (C=O) groups is 1. The van der Waals surface area contributed by atoms with Gasteiger partial charge < -0.3 is 14.2 Å². The molecule has 32 heavy (non-hydrogen) atoms. The summed E-state index contributed by atoms with van der Waals surface area (Å²) in [5.74, 6) is 1.65. The quantitative estimate of drug-likeness (QED) is 0.269. The number of methoxy groups -OCH3 is 1. The average molecular weight is 441 g/mol. The van der Waals surface area contributed by atoms with Crippen molar-refractivity contribution in [3.8, 4) is 17.2 Å². The normalized spacial score (nSPS) is 11.4. The number of carbonyl (C=O) groups excluding carboxylic acids is 1. The molecule has 2 rings (SSSR count). The lowest BCUT2D eigenvalue weighted by Gasteiger charge is -2.19. The number of nitrogens with zero attached hydrogens (tertiary/aromatic N) is 1. The van der Waals surface area contributed by atoms with E-state index in [1.807, 2.05) is 42.5 Å². The first-order valence-corrected chi connectivity index (χ1v) is 11.2. The summed E-state index contributed by atoms with van der Waals surface area (Å²) in [5.41, 5.74) is 4.55. The molecule has 0 spiro atoms. The Kier molecular flexibility index (Phi) is 10.1. The van der Waals surface area contributed by atoms with Crippen LogP contribution in [-0.2, 0) is 10.2 Å². The topological polar surface area (TPSA) is 69.2 Å². The molecule has 0 radical (unpaired) electrons. The molecule has 0 saturated carbocycles. The van der Waals surface area contributed by atoms with E-state index in [0.717, 1.165) is 18.4 Å². The van der Waals surface area contributed by atoms with Gasteiger partial charge in [0, 0.05) is 0 Å². The average Bonchev–Trinajstić information content (AvgIpc) is 2.77. The molecular weight excluding hydrogens is 404 g/mol. The van der Waals surface area contributed by atoms with E-state index in [0.29, 0.717) is 23.9 Å². The van der Waals surface area contributed by atoms with Gasteiger partial charge in [-0.15, -0.1) is 0 Å². The monoisotopic (exact) mass is 440 g/mol. The Labute approximate surface area is 192 Å². The molecule has 0 fully saturated rings. The number of hydrogen-bond donors (Lipinski definition) is 1. The van der Waals surface area contributed by atoms with Gasteiger partial charge in [0.05, 0.1) is 19.9 Å². The molecule has 0 aliphatic heterocycles. The van der Waals surface area contributed by atoms with Crippen molar-refractivity contribution >= 4 is 12.1 Å². The summed E-state index contributed by atoms with van der Waals surface area (Å²) < 4.78 is 16.8. The Balaban J connectivity index is 1.80. The molecule has 2 aromatic carbocycles. The molecule has 2 aromatic rings. The Morgan fingerprint density at radius 2 is 1.75 bits per heavy atom. The van der Waals surface area contributed by atoms with Gasteiger partial charge in [0.2, 0.25) is 0 Å². The highest BCUT2D eigenvalue weighted by molar-refractivity contribution is 5.83. The summed E-state index contributed by atoms with van der Waals surface area (Å²) in [6, 6.07) is 13.3. The standard InChI is InChI=1S/C26H36N2O4/c1-6-7-8-9-16-31-23-15-10-20(17-24(23)30-5)18-27-28-25(29)19-32-22-13-11-21(12-14-22)26(2,3)4/h10-15,17-18H,6-9,16,19H2,1-5H3,(H,28,29)/b27-18+. The molecule has 0 heterocycles. The van der Waals surface area contributed by atoms with Crippen LogP contribution in [0.25, 0.3) is 0 Å². The summed E-state index contributed by atoms with van der Waals surface area (Å²) in [7, 11) is 1.60. The van der Waals surface area contributed by atoms with Gasteiger partial charge in [-0.2, -0.15) is 5.10 Å². The molecule has 0 aliphatic rings. The lowest BCUT2D eigenvalue weighted by atomic mass is 9.87. The highest BCUT2D eigenvalue weighted by atomic mass is 16.5. The van der Waals surface area contributed by atoms with Crippen LogP contribution < -0.4 is 19.6 Å². The van der Waals surface area contributed by atoms with Crippen molar-refractivity contribution in [2.45, 2.75) is 58.8 Å². The molecule has 0 aliphatic carbocycles. The van der Waals surface area contributed by atoms with E-state index in [9.17, 15) is 4.79 Å². The molecule has 6 heteroatoms. The Morgan fingerprint density at radius 3 is 2.41 bits per heavy atom. The van der Waals surface area contributed by atoms with Gasteiger partial charge in [-0.05, 0) is 53.3 Å². The van der Waals surface area contributed by atoms with Crippen LogP contribution in [-0.4, -0.2) is 32.4 Å². The largest absolute Gasteiger partial charge is 0.493 e. The third-order valence-electron chi connectivity index (χ3n) is 4.94. The second kappa shape index (κ2) is 12.7. The van der Waals surface area contributed by atoms with Crippen molar-refractivity contribution in [3.05, 3.63) is 53.6 Å². The van der Waals surface area contributed by atoms with Crippen molar-refractivity contribution in [2.75, 3.05) is 20.3 Å². The van der Waals surface area contributed by atoms with Crippen molar-refractivity contribution in [1.29, 1.82) is 0 Å². The number of amides is 1. The third kappa shape index (κ3) is 8.61. The lowest BCUT2D eigenvalue weighted by molar-refractivity contribution is -0.123. The molecule has 0 unspecified atom stereocenters. The van der Waals surface area contributed by atoms with Crippen molar-refractivity contribution < 1.29 is 19.0 Å². The van der Waals surface area contributed by atoms with Crippen LogP contribution in [0.3, 0.4) is 0 Å². The molecule has 0 saturated heterocycles. The smallest absolute Gasteiger partial charge is 0.277 e. The van der Waals surface area contributed by atoms with E-state index < -0.39 is 0 Å². The zero-order valence-corrected chi connectivity index (χ0v) is 19.9. The van der Waals surface area contributed by atoms with Crippen LogP contribution in [0.2, 0.25) is 0 Å². The molecule has 0 aromatic heterocycles. The fourth-order valence-electron chi connectivity index (χ4n) is 3.01. The number of ether oxygens (including phenoxy) is 3. The fourth-order valence-corrected chi connectivity index (χ4v) is 3.01. The Hall–Kier alpha value is -3.02. The van der Waals surface area contributed by atoms with Crippen molar-refractivity contribution in [3.63, 3.8) is 0 Å². The number of unbranched alkanes of at least 4 members (excludes halogenated alkanes) is 3. The predicted molar refractivity (Wildman–Crippen MR) is 129 cm³/mol. The second-order valence-corrected chi connectivity index (χ2v) is 8.68. The SMILES string of the molecule is CCCCCCOc1ccc(/C=N/NC(=O)COc2ccc(C(C)(C)C)cc2)cc1OC. The van der Waals surface area contributed by atoms with E-state index in [4.69, 9.17) is 14.2 Å². The number of hydrazone groups is 1. The van der Waals surface area contributed by atoms with Crippen LogP contribution in [0.4, 0.5) is 0 Å². The highest BCUT2D eigenvalue weighted by Gasteiger charge is 2.13. The van der Waals surface area contributed by atoms with E-state index >= 15 is 0 Å². The first-order chi connectivity index (χ1) is 15.3. The van der Waals surface area contributed by atoms with Gasteiger partial charge in [-0.1, -0.05) is 59.1 Å². The number of nitrogens with one attached hydrogen (secondary N) is 1. The number of rotatable bonds is 12. The van der Waals surface area contributed by atoms with Crippen LogP contribution in [0, 0.1) is 0 Å². The minimum absolute atomic E-state index is 0.0757. The molecule has 0 bridgehead atoms. The minimum Gasteiger partial charge on any atom is -0.493 e. The Bertz CT molecular complexity index is 870. The predicted octanol–water partition coefficient (Wildman–Crippen LogP) is 5.48. The van der Waals surface area contributed by atoms with Gasteiger partial charge in [0.15, 0.2) is 18.1 Å². The summed E-state index contributed by atoms with van der Waals surface area (Å²) in [6.07, 6.45) is 6.16. The summed E-state index contributed by atoms with van der Waals surface area (Å²) in [5, 5.41) is 4.00. The van der Waals surface area contributed by atoms with Crippen molar-refractivity contribution in [2.24, 2.45) is 5.10 Å². The summed E-state index contributed by atoms with van der Waals surface area (Å²) in [4.78, 5) is 12.0. The maximum absolute atomic E-state index is 12.0. The molecular formula is C26H36N2O4. The number of benzene rings is 2. The zero-order valence-electron chi connectivity index (χ0n) is 19.9. The first kappa shape index (κ1) is 25.2. The molecule has 0 atom stereocenters. The van der Waals surface area contributed by atoms with Gasteiger partial charge in [0.25, 0.3) is 5.91 Å². The van der Waals surface area contributed by atoms with Gasteiger partial charge in [-0.25, -0.2) is 5.43 Å². The first-order valence-electron chi connectivity index (χ1n) is 11.2. The fraction of sp³-hybridized carbons (Fsp3) is 0.462. The minimum atomic E-state index is -0.333. The van der Waals surface area contributed by atoms with E-state index in [2.05, 4.69) is 38.2 Å². The Morgan fingerprint density at radius 1 is 1.00 bits per heavy atom. The highest BCUT2D eigenvalue weighted by Crippen LogP contribution is 2.28. The summed E-state index contributed by atoms with van der Waals surface area (Å²) in [6.45, 7) is 9.20. The molecule has 174 valence electrons. The molecule has 1 amide bonds. The van der Waals surface area contributed by atoms with Gasteiger partial charge >= 0.3 is 0 Å². The molecule has 6 nitrogen and oxygen atoms in total. The maximum atomic E-state index is 12.0. The summed E-state index contributed by atoms with van der Waals surface area (Å²) >= 11 is 0. The van der Waals surface area contributed by atoms with Gasteiger partial charge in [0.1, 0.15) is 5.75 Å². The van der Waals surface area contributed by atoms with Crippen LogP contribution in [0.5, 0.6) is 17.2 Å². The van der Waals surface area contributed by atoms with Crippen LogP contribution in [0.15, 0.2) is 47.6 Å². The number of hydrogen-bond acceptors (Lipinski definition) is 5. The van der Waals surface area contributed by atoms with E-state index in [-0.39, 0.29) is 17.9 Å². The van der Waals surface area contributed by atoms with Gasteiger partial charge in [-0.3, -0.25) is 4.79 Å². The van der Waals surface area contributed by atoms with Crippen LogP contribution in [0.1, 0.15) is 64.5 Å². The lowest BCUT2D eigenvalue weighted by Crippen LogP contribution is -2.24. The van der Waals surface area contributed by atoms with Crippen molar-refractivity contribution in [1.82, 2.24) is 5.43 Å². The molecule has 1 N–H and O–H groups in total. The maximum Gasteiger partial charge on any atom is 0.277 e. The van der Waals surface area contributed by atoms with Crippen LogP contribution >= 0.6 is 0 Å². The third-order valence-corrected chi connectivity index (χ3v) is 4.94. The second-order valence-electron chi connectivity index (χ2n) is 8.68.